The van der Waals surface area contributed by atoms with Gasteiger partial charge in [-0.05, 0) is 12.8 Å². The molecule has 0 amide bonds. The van der Waals surface area contributed by atoms with Gasteiger partial charge in [0, 0.05) is 13.1 Å². The molecule has 2 nitrogen and oxygen atoms in total. The number of hydroxylamine groups is 2. The van der Waals surface area contributed by atoms with E-state index in [1.807, 2.05) is 0 Å². The Labute approximate surface area is 95.9 Å². The Morgan fingerprint density at radius 3 is 1.87 bits per heavy atom. The van der Waals surface area contributed by atoms with Crippen molar-refractivity contribution in [3.63, 3.8) is 0 Å². The molecule has 0 saturated carbocycles. The highest BCUT2D eigenvalue weighted by atomic mass is 16.7. The lowest BCUT2D eigenvalue weighted by Gasteiger charge is -2.18. The predicted octanol–water partition coefficient (Wildman–Crippen LogP) is 4.01. The first-order valence-electron chi connectivity index (χ1n) is 6.64. The molecule has 92 valence electrons. The Kier molecular flexibility index (Phi) is 11.9. The molecule has 0 aliphatic carbocycles. The van der Waals surface area contributed by atoms with Crippen molar-refractivity contribution in [3.05, 3.63) is 0 Å². The van der Waals surface area contributed by atoms with Crippen LogP contribution in [0.1, 0.15) is 65.2 Å². The molecule has 0 unspecified atom stereocenters. The van der Waals surface area contributed by atoms with Gasteiger partial charge in [-0.25, -0.2) is 0 Å². The molecule has 0 spiro atoms. The maximum absolute atomic E-state index is 5.27. The molecule has 0 aliphatic heterocycles. The number of nitrogens with zero attached hydrogens (tertiary/aromatic N) is 1. The smallest absolute Gasteiger partial charge is 0.0575 e. The molecule has 0 aromatic rings. The standard InChI is InChI=1S/C13H29NO/c1-4-6-7-8-9-10-11-13-14(15-3)12-5-2/h4-13H2,1-3H3. The van der Waals surface area contributed by atoms with Crippen LogP contribution in [0.3, 0.4) is 0 Å². The first kappa shape index (κ1) is 14.9. The van der Waals surface area contributed by atoms with Gasteiger partial charge in [-0.1, -0.05) is 52.4 Å². The van der Waals surface area contributed by atoms with Crippen molar-refractivity contribution in [1.29, 1.82) is 0 Å². The molecule has 0 bridgehead atoms. The largest absolute Gasteiger partial charge is 0.302 e. The highest BCUT2D eigenvalue weighted by Gasteiger charge is 2.00. The first-order chi connectivity index (χ1) is 7.35. The van der Waals surface area contributed by atoms with Crippen molar-refractivity contribution in [3.8, 4) is 0 Å². The van der Waals surface area contributed by atoms with Gasteiger partial charge in [-0.3, -0.25) is 0 Å². The molecule has 0 rings (SSSR count). The third-order valence-corrected chi connectivity index (χ3v) is 2.74. The summed E-state index contributed by atoms with van der Waals surface area (Å²) in [5.74, 6) is 0. The number of hydrogen-bond acceptors (Lipinski definition) is 2. The van der Waals surface area contributed by atoms with Crippen LogP contribution < -0.4 is 0 Å². The number of rotatable bonds is 11. The van der Waals surface area contributed by atoms with E-state index >= 15 is 0 Å². The van der Waals surface area contributed by atoms with Crippen LogP contribution in [-0.4, -0.2) is 25.3 Å². The molecule has 0 atom stereocenters. The lowest BCUT2D eigenvalue weighted by atomic mass is 10.1. The molecule has 0 fully saturated rings. The van der Waals surface area contributed by atoms with E-state index in [0.29, 0.717) is 0 Å². The second kappa shape index (κ2) is 12.0. The van der Waals surface area contributed by atoms with E-state index in [1.165, 1.54) is 51.4 Å². The fourth-order valence-electron chi connectivity index (χ4n) is 1.79. The molecule has 0 aromatic heterocycles. The van der Waals surface area contributed by atoms with E-state index < -0.39 is 0 Å². The molecule has 0 saturated heterocycles. The highest BCUT2D eigenvalue weighted by molar-refractivity contribution is 4.49. The number of unbranched alkanes of at least 4 members (excludes halogenated alkanes) is 6. The van der Waals surface area contributed by atoms with E-state index in [9.17, 15) is 0 Å². The van der Waals surface area contributed by atoms with Crippen LogP contribution in [0, 0.1) is 0 Å². The molecule has 0 heterocycles. The Hall–Kier alpha value is -0.0800. The minimum atomic E-state index is 1.06. The number of hydrogen-bond donors (Lipinski definition) is 0. The van der Waals surface area contributed by atoms with Crippen molar-refractivity contribution < 1.29 is 4.84 Å². The van der Waals surface area contributed by atoms with Crippen molar-refractivity contribution in [2.45, 2.75) is 65.2 Å². The van der Waals surface area contributed by atoms with Gasteiger partial charge < -0.3 is 4.84 Å². The Morgan fingerprint density at radius 1 is 0.733 bits per heavy atom. The summed E-state index contributed by atoms with van der Waals surface area (Å²) in [7, 11) is 1.77. The predicted molar refractivity (Wildman–Crippen MR) is 66.9 cm³/mol. The molecule has 0 aromatic carbocycles. The molecule has 2 heteroatoms. The van der Waals surface area contributed by atoms with Crippen LogP contribution in [0.4, 0.5) is 0 Å². The average Bonchev–Trinajstić information content (AvgIpc) is 2.26. The summed E-state index contributed by atoms with van der Waals surface area (Å²) < 4.78 is 0. The van der Waals surface area contributed by atoms with Crippen LogP contribution in [0.2, 0.25) is 0 Å². The summed E-state index contributed by atoms with van der Waals surface area (Å²) in [5, 5.41) is 2.08. The Balaban J connectivity index is 3.14. The monoisotopic (exact) mass is 215 g/mol. The maximum Gasteiger partial charge on any atom is 0.0575 e. The highest BCUT2D eigenvalue weighted by Crippen LogP contribution is 2.07. The van der Waals surface area contributed by atoms with Crippen LogP contribution in [-0.2, 0) is 4.84 Å². The zero-order valence-corrected chi connectivity index (χ0v) is 10.9. The summed E-state index contributed by atoms with van der Waals surface area (Å²) in [5.41, 5.74) is 0. The minimum Gasteiger partial charge on any atom is -0.302 e. The molecule has 0 N–H and O–H groups in total. The van der Waals surface area contributed by atoms with Crippen molar-refractivity contribution in [2.24, 2.45) is 0 Å². The summed E-state index contributed by atoms with van der Waals surface area (Å²) in [6.07, 6.45) is 10.8. The van der Waals surface area contributed by atoms with Gasteiger partial charge in [-0.15, -0.1) is 0 Å². The fourth-order valence-corrected chi connectivity index (χ4v) is 1.79. The Bertz CT molecular complexity index is 117. The summed E-state index contributed by atoms with van der Waals surface area (Å²) in [6, 6.07) is 0. The summed E-state index contributed by atoms with van der Waals surface area (Å²) in [4.78, 5) is 5.27. The average molecular weight is 215 g/mol. The quantitative estimate of drug-likeness (QED) is 0.381. The lowest BCUT2D eigenvalue weighted by Crippen LogP contribution is -2.24. The van der Waals surface area contributed by atoms with Gasteiger partial charge in [0.25, 0.3) is 0 Å². The topological polar surface area (TPSA) is 12.5 Å². The van der Waals surface area contributed by atoms with E-state index in [2.05, 4.69) is 18.9 Å². The van der Waals surface area contributed by atoms with E-state index in [1.54, 1.807) is 7.11 Å². The van der Waals surface area contributed by atoms with Crippen LogP contribution in [0.5, 0.6) is 0 Å². The van der Waals surface area contributed by atoms with Gasteiger partial charge in [0.2, 0.25) is 0 Å². The Morgan fingerprint density at radius 2 is 1.33 bits per heavy atom. The van der Waals surface area contributed by atoms with Crippen LogP contribution >= 0.6 is 0 Å². The first-order valence-corrected chi connectivity index (χ1v) is 6.64. The zero-order chi connectivity index (χ0) is 11.4. The normalized spacial score (nSPS) is 11.2. The lowest BCUT2D eigenvalue weighted by molar-refractivity contribution is -0.131. The third-order valence-electron chi connectivity index (χ3n) is 2.74. The fraction of sp³-hybridized carbons (Fsp3) is 1.00. The molecule has 15 heavy (non-hydrogen) atoms. The molecule has 0 aliphatic rings. The van der Waals surface area contributed by atoms with Gasteiger partial charge in [0.05, 0.1) is 7.11 Å². The minimum absolute atomic E-state index is 1.06. The molecular formula is C13H29NO. The van der Waals surface area contributed by atoms with Crippen molar-refractivity contribution in [1.82, 2.24) is 5.06 Å². The van der Waals surface area contributed by atoms with E-state index in [0.717, 1.165) is 13.1 Å². The second-order valence-electron chi connectivity index (χ2n) is 4.23. The van der Waals surface area contributed by atoms with Crippen LogP contribution in [0.15, 0.2) is 0 Å². The van der Waals surface area contributed by atoms with Gasteiger partial charge in [0.15, 0.2) is 0 Å². The zero-order valence-electron chi connectivity index (χ0n) is 10.9. The molecular weight excluding hydrogens is 186 g/mol. The second-order valence-corrected chi connectivity index (χ2v) is 4.23. The van der Waals surface area contributed by atoms with Gasteiger partial charge in [0.1, 0.15) is 0 Å². The molecule has 0 radical (unpaired) electrons. The SMILES string of the molecule is CCCCCCCCCN(CCC)OC. The summed E-state index contributed by atoms with van der Waals surface area (Å²) in [6.45, 7) is 6.61. The van der Waals surface area contributed by atoms with E-state index in [-0.39, 0.29) is 0 Å². The van der Waals surface area contributed by atoms with Crippen molar-refractivity contribution >= 4 is 0 Å². The van der Waals surface area contributed by atoms with E-state index in [4.69, 9.17) is 4.84 Å². The van der Waals surface area contributed by atoms with Gasteiger partial charge in [-0.2, -0.15) is 5.06 Å². The van der Waals surface area contributed by atoms with Crippen LogP contribution in [0.25, 0.3) is 0 Å². The third kappa shape index (κ3) is 10.2. The summed E-state index contributed by atoms with van der Waals surface area (Å²) >= 11 is 0. The maximum atomic E-state index is 5.27. The van der Waals surface area contributed by atoms with Crippen molar-refractivity contribution in [2.75, 3.05) is 20.2 Å². The van der Waals surface area contributed by atoms with Gasteiger partial charge >= 0.3 is 0 Å².